The Balaban J connectivity index is 2.65. The summed E-state index contributed by atoms with van der Waals surface area (Å²) in [7, 11) is 0. The molecule has 1 aliphatic rings. The molecule has 1 saturated heterocycles. The van der Waals surface area contributed by atoms with E-state index in [1.54, 1.807) is 12.2 Å². The van der Waals surface area contributed by atoms with Crippen LogP contribution in [0.15, 0.2) is 0 Å². The number of carbonyl (C=O) groups excluding carboxylic acids is 1. The number of urea groups is 1. The van der Waals surface area contributed by atoms with E-state index in [0.29, 0.717) is 19.3 Å². The van der Waals surface area contributed by atoms with Crippen molar-refractivity contribution >= 4 is 12.0 Å². The minimum atomic E-state index is -4.31. The van der Waals surface area contributed by atoms with Crippen LogP contribution in [-0.2, 0) is 4.79 Å². The Bertz CT molecular complexity index is 406. The van der Waals surface area contributed by atoms with Crippen molar-refractivity contribution in [2.24, 2.45) is 5.41 Å². The van der Waals surface area contributed by atoms with Crippen LogP contribution in [-0.4, -0.2) is 54.0 Å². The number of piperidine rings is 1. The molecule has 0 radical (unpaired) electrons. The first-order valence-corrected chi connectivity index (χ1v) is 6.57. The quantitative estimate of drug-likeness (QED) is 0.764. The summed E-state index contributed by atoms with van der Waals surface area (Å²) >= 11 is 0. The number of hydrogen-bond acceptors (Lipinski definition) is 2. The van der Waals surface area contributed by atoms with Gasteiger partial charge in [-0.1, -0.05) is 6.92 Å². The first kappa shape index (κ1) is 17.5. The highest BCUT2D eigenvalue weighted by molar-refractivity contribution is 5.78. The molecule has 1 atom stereocenters. The number of carbonyl (C=O) groups is 2. The monoisotopic (exact) mass is 314 g/mol. The summed E-state index contributed by atoms with van der Waals surface area (Å²) in [6.07, 6.45) is -2.78. The largest absolute Gasteiger partial charge is 0.481 e. The molecule has 1 unspecified atom stereocenters. The Labute approximate surface area is 119 Å². The maximum absolute atomic E-state index is 12.7. The molecule has 1 aliphatic heterocycles. The van der Waals surface area contributed by atoms with Crippen LogP contribution in [0.1, 0.15) is 26.2 Å². The third-order valence-corrected chi connectivity index (χ3v) is 3.79. The van der Waals surface area contributed by atoms with Gasteiger partial charge >= 0.3 is 24.3 Å². The van der Waals surface area contributed by atoms with E-state index in [1.165, 1.54) is 0 Å². The van der Waals surface area contributed by atoms with Crippen LogP contribution in [0.5, 0.6) is 0 Å². The van der Waals surface area contributed by atoms with Crippen LogP contribution in [0.3, 0.4) is 0 Å². The predicted octanol–water partition coefficient (Wildman–Crippen LogP) is 2.17. The summed E-state index contributed by atoms with van der Waals surface area (Å²) in [5.74, 6) is -5.36. The lowest BCUT2D eigenvalue weighted by Gasteiger charge is -2.39. The van der Waals surface area contributed by atoms with E-state index in [0.717, 1.165) is 4.90 Å². The SMILES string of the molecule is CCC1(C(=O)O)CCCN(C(=O)NCC(F)(F)C(F)F)C1. The Morgan fingerprint density at radius 3 is 2.52 bits per heavy atom. The number of carboxylic acid groups (broad SMARTS) is 1. The van der Waals surface area contributed by atoms with Gasteiger partial charge in [0, 0.05) is 13.1 Å². The standard InChI is InChI=1S/C12H18F4N2O3/c1-2-11(9(19)20)4-3-5-18(7-11)10(21)17-6-12(15,16)8(13)14/h8H,2-7H2,1H3,(H,17,21)(H,19,20). The molecule has 2 amide bonds. The smallest absolute Gasteiger partial charge is 0.324 e. The number of nitrogens with zero attached hydrogens (tertiary/aromatic N) is 1. The number of hydrogen-bond donors (Lipinski definition) is 2. The maximum Gasteiger partial charge on any atom is 0.324 e. The lowest BCUT2D eigenvalue weighted by atomic mass is 9.78. The van der Waals surface area contributed by atoms with Crippen molar-refractivity contribution in [3.05, 3.63) is 0 Å². The fourth-order valence-electron chi connectivity index (χ4n) is 2.30. The lowest BCUT2D eigenvalue weighted by molar-refractivity contribution is -0.152. The Kier molecular flexibility index (Phi) is 5.41. The zero-order chi connectivity index (χ0) is 16.3. The van der Waals surface area contributed by atoms with Gasteiger partial charge < -0.3 is 15.3 Å². The Morgan fingerprint density at radius 2 is 2.05 bits per heavy atom. The van der Waals surface area contributed by atoms with Crippen molar-refractivity contribution in [1.82, 2.24) is 10.2 Å². The van der Waals surface area contributed by atoms with Crippen LogP contribution in [0, 0.1) is 5.41 Å². The molecular formula is C12H18F4N2O3. The van der Waals surface area contributed by atoms with Gasteiger partial charge in [0.1, 0.15) is 0 Å². The number of alkyl halides is 4. The molecule has 1 heterocycles. The maximum atomic E-state index is 12.7. The molecule has 0 aromatic heterocycles. The molecule has 0 bridgehead atoms. The molecule has 2 N–H and O–H groups in total. The van der Waals surface area contributed by atoms with Gasteiger partial charge in [-0.3, -0.25) is 4.79 Å². The van der Waals surface area contributed by atoms with Gasteiger partial charge in [0.05, 0.1) is 12.0 Å². The average Bonchev–Trinajstić information content (AvgIpc) is 2.44. The number of carboxylic acids is 1. The molecule has 0 aromatic rings. The topological polar surface area (TPSA) is 69.6 Å². The van der Waals surface area contributed by atoms with Crippen molar-refractivity contribution in [3.63, 3.8) is 0 Å². The van der Waals surface area contributed by atoms with Gasteiger partial charge in [0.2, 0.25) is 0 Å². The first-order valence-electron chi connectivity index (χ1n) is 6.57. The van der Waals surface area contributed by atoms with Gasteiger partial charge in [-0.25, -0.2) is 13.6 Å². The molecule has 9 heteroatoms. The highest BCUT2D eigenvalue weighted by Crippen LogP contribution is 2.33. The number of rotatable bonds is 5. The molecule has 0 aromatic carbocycles. The molecule has 122 valence electrons. The molecule has 0 saturated carbocycles. The Morgan fingerprint density at radius 1 is 1.43 bits per heavy atom. The molecule has 0 aliphatic carbocycles. The summed E-state index contributed by atoms with van der Waals surface area (Å²) in [4.78, 5) is 24.1. The highest BCUT2D eigenvalue weighted by Gasteiger charge is 2.44. The van der Waals surface area contributed by atoms with Crippen LogP contribution in [0.25, 0.3) is 0 Å². The van der Waals surface area contributed by atoms with Crippen LogP contribution in [0.2, 0.25) is 0 Å². The Hall–Kier alpha value is -1.54. The number of amides is 2. The summed E-state index contributed by atoms with van der Waals surface area (Å²) in [5, 5.41) is 11.0. The first-order chi connectivity index (χ1) is 9.64. The summed E-state index contributed by atoms with van der Waals surface area (Å²) < 4.78 is 49.5. The van der Waals surface area contributed by atoms with E-state index in [9.17, 15) is 32.3 Å². The highest BCUT2D eigenvalue weighted by atomic mass is 19.3. The molecule has 0 spiro atoms. The van der Waals surface area contributed by atoms with E-state index >= 15 is 0 Å². The van der Waals surface area contributed by atoms with Crippen molar-refractivity contribution in [2.75, 3.05) is 19.6 Å². The summed E-state index contributed by atoms with van der Waals surface area (Å²) in [6.45, 7) is 0.276. The van der Waals surface area contributed by atoms with E-state index in [-0.39, 0.29) is 13.1 Å². The molecule has 21 heavy (non-hydrogen) atoms. The minimum Gasteiger partial charge on any atom is -0.481 e. The second-order valence-corrected chi connectivity index (χ2v) is 5.18. The summed E-state index contributed by atoms with van der Waals surface area (Å²) in [6, 6.07) is -0.950. The van der Waals surface area contributed by atoms with Gasteiger partial charge in [-0.05, 0) is 19.3 Å². The van der Waals surface area contributed by atoms with Gasteiger partial charge in [-0.2, -0.15) is 8.78 Å². The van der Waals surface area contributed by atoms with Crippen molar-refractivity contribution in [3.8, 4) is 0 Å². The van der Waals surface area contributed by atoms with Gasteiger partial charge in [0.25, 0.3) is 0 Å². The molecule has 1 rings (SSSR count). The predicted molar refractivity (Wildman–Crippen MR) is 65.5 cm³/mol. The average molecular weight is 314 g/mol. The summed E-state index contributed by atoms with van der Waals surface area (Å²) in [5.41, 5.74) is -1.11. The van der Waals surface area contributed by atoms with Crippen LogP contribution >= 0.6 is 0 Å². The normalized spacial score (nSPS) is 23.2. The zero-order valence-corrected chi connectivity index (χ0v) is 11.5. The van der Waals surface area contributed by atoms with Crippen molar-refractivity contribution in [2.45, 2.75) is 38.5 Å². The van der Waals surface area contributed by atoms with Crippen molar-refractivity contribution in [1.29, 1.82) is 0 Å². The lowest BCUT2D eigenvalue weighted by Crippen LogP contribution is -2.54. The molecule has 1 fully saturated rings. The van der Waals surface area contributed by atoms with Gasteiger partial charge in [-0.15, -0.1) is 0 Å². The van der Waals surface area contributed by atoms with E-state index in [4.69, 9.17) is 0 Å². The van der Waals surface area contributed by atoms with Gasteiger partial charge in [0.15, 0.2) is 0 Å². The minimum absolute atomic E-state index is 0.120. The molecule has 5 nitrogen and oxygen atoms in total. The second kappa shape index (κ2) is 6.48. The third kappa shape index (κ3) is 3.98. The molecular weight excluding hydrogens is 296 g/mol. The van der Waals surface area contributed by atoms with E-state index in [2.05, 4.69) is 0 Å². The van der Waals surface area contributed by atoms with E-state index < -0.39 is 36.3 Å². The third-order valence-electron chi connectivity index (χ3n) is 3.79. The zero-order valence-electron chi connectivity index (χ0n) is 11.5. The number of aliphatic carboxylic acids is 1. The van der Waals surface area contributed by atoms with Crippen molar-refractivity contribution < 1.29 is 32.3 Å². The second-order valence-electron chi connectivity index (χ2n) is 5.18. The fraction of sp³-hybridized carbons (Fsp3) is 0.833. The number of halogens is 4. The number of likely N-dealkylation sites (tertiary alicyclic amines) is 1. The van der Waals surface area contributed by atoms with E-state index in [1.807, 2.05) is 0 Å². The van der Waals surface area contributed by atoms with Crippen LogP contribution < -0.4 is 5.32 Å². The number of nitrogens with one attached hydrogen (secondary N) is 1. The fourth-order valence-corrected chi connectivity index (χ4v) is 2.30. The van der Waals surface area contributed by atoms with Crippen LogP contribution in [0.4, 0.5) is 22.4 Å².